The fourth-order valence-corrected chi connectivity index (χ4v) is 2.98. The summed E-state index contributed by atoms with van der Waals surface area (Å²) in [6.45, 7) is 0.744. The first-order valence-corrected chi connectivity index (χ1v) is 7.43. The summed E-state index contributed by atoms with van der Waals surface area (Å²) in [5.41, 5.74) is 1.06. The number of hydrogen-bond donors (Lipinski definition) is 1. The molecule has 2 rings (SSSR count). The van der Waals surface area contributed by atoms with Gasteiger partial charge in [0, 0.05) is 26.5 Å². The predicted octanol–water partition coefficient (Wildman–Crippen LogP) is 3.84. The average molecular weight is 340 g/mol. The van der Waals surface area contributed by atoms with Crippen LogP contribution < -0.4 is 5.32 Å². The van der Waals surface area contributed by atoms with E-state index in [1.165, 1.54) is 12.0 Å². The summed E-state index contributed by atoms with van der Waals surface area (Å²) < 4.78 is 5.70. The van der Waals surface area contributed by atoms with Crippen molar-refractivity contribution in [2.24, 2.45) is 0 Å². The molecule has 0 saturated heterocycles. The molecule has 0 saturated carbocycles. The number of carbonyl (C=O) groups excluding carboxylic acids is 1. The summed E-state index contributed by atoms with van der Waals surface area (Å²) in [6.07, 6.45) is 0.343. The fraction of sp³-hybridized carbons (Fsp3) is 0.214. The highest BCUT2D eigenvalue weighted by Gasteiger charge is 2.06. The summed E-state index contributed by atoms with van der Waals surface area (Å²) >= 11 is 5.12. The molecule has 3 nitrogen and oxygen atoms in total. The Morgan fingerprint density at radius 3 is 2.74 bits per heavy atom. The Morgan fingerprint density at radius 2 is 2.00 bits per heavy atom. The number of methoxy groups -OCH3 is 1. The highest BCUT2D eigenvalue weighted by molar-refractivity contribution is 9.10. The minimum Gasteiger partial charge on any atom is -0.469 e. The molecule has 5 heteroatoms. The number of ether oxygens (including phenoxy) is 1. The molecule has 0 bridgehead atoms. The third-order valence-electron chi connectivity index (χ3n) is 2.59. The number of anilines is 1. The standard InChI is InChI=1S/C14H14BrNO2S/c1-18-14(17)8-10-6-7-11(19-10)9-16-13-5-3-2-4-12(13)15/h2-7,16H,8-9H2,1H3. The van der Waals surface area contributed by atoms with Crippen molar-refractivity contribution >= 4 is 38.9 Å². The maximum atomic E-state index is 11.2. The summed E-state index contributed by atoms with van der Waals surface area (Å²) in [4.78, 5) is 13.4. The van der Waals surface area contributed by atoms with Crippen LogP contribution in [0.15, 0.2) is 40.9 Å². The predicted molar refractivity (Wildman–Crippen MR) is 81.5 cm³/mol. The molecule has 0 fully saturated rings. The van der Waals surface area contributed by atoms with E-state index in [0.717, 1.165) is 21.6 Å². The molecule has 0 spiro atoms. The van der Waals surface area contributed by atoms with Gasteiger partial charge in [-0.3, -0.25) is 4.79 Å². The Morgan fingerprint density at radius 1 is 1.26 bits per heavy atom. The lowest BCUT2D eigenvalue weighted by molar-refractivity contribution is -0.139. The first-order valence-electron chi connectivity index (χ1n) is 5.82. The molecule has 0 aliphatic rings. The minimum atomic E-state index is -0.202. The minimum absolute atomic E-state index is 0.202. The van der Waals surface area contributed by atoms with E-state index in [0.29, 0.717) is 6.42 Å². The van der Waals surface area contributed by atoms with Crippen LogP contribution in [0.5, 0.6) is 0 Å². The van der Waals surface area contributed by atoms with Crippen molar-refractivity contribution in [2.45, 2.75) is 13.0 Å². The molecular weight excluding hydrogens is 326 g/mol. The quantitative estimate of drug-likeness (QED) is 0.841. The molecule has 1 N–H and O–H groups in total. The van der Waals surface area contributed by atoms with Crippen LogP contribution in [0.1, 0.15) is 9.75 Å². The summed E-state index contributed by atoms with van der Waals surface area (Å²) in [5, 5.41) is 3.36. The van der Waals surface area contributed by atoms with Gasteiger partial charge in [0.2, 0.25) is 0 Å². The van der Waals surface area contributed by atoms with Crippen LogP contribution in [0.3, 0.4) is 0 Å². The molecule has 1 aromatic carbocycles. The Bertz CT molecular complexity index is 568. The van der Waals surface area contributed by atoms with E-state index >= 15 is 0 Å². The van der Waals surface area contributed by atoms with Gasteiger partial charge in [0.15, 0.2) is 0 Å². The Hall–Kier alpha value is -1.33. The van der Waals surface area contributed by atoms with Gasteiger partial charge in [-0.2, -0.15) is 0 Å². The van der Waals surface area contributed by atoms with E-state index in [9.17, 15) is 4.79 Å². The van der Waals surface area contributed by atoms with Crippen molar-refractivity contribution in [3.8, 4) is 0 Å². The highest BCUT2D eigenvalue weighted by Crippen LogP contribution is 2.23. The molecule has 0 aliphatic heterocycles. The van der Waals surface area contributed by atoms with Crippen LogP contribution in [-0.2, 0) is 22.5 Å². The number of thiophene rings is 1. The lowest BCUT2D eigenvalue weighted by Gasteiger charge is -2.06. The van der Waals surface area contributed by atoms with E-state index in [4.69, 9.17) is 0 Å². The fourth-order valence-electron chi connectivity index (χ4n) is 1.61. The van der Waals surface area contributed by atoms with Gasteiger partial charge in [-0.25, -0.2) is 0 Å². The number of carbonyl (C=O) groups is 1. The van der Waals surface area contributed by atoms with Gasteiger partial charge in [-0.1, -0.05) is 12.1 Å². The third kappa shape index (κ3) is 4.08. The zero-order valence-corrected chi connectivity index (χ0v) is 12.9. The second kappa shape index (κ2) is 6.73. The van der Waals surface area contributed by atoms with E-state index in [1.54, 1.807) is 11.3 Å². The van der Waals surface area contributed by atoms with Crippen LogP contribution in [0.25, 0.3) is 0 Å². The van der Waals surface area contributed by atoms with Crippen molar-refractivity contribution in [3.05, 3.63) is 50.6 Å². The largest absolute Gasteiger partial charge is 0.469 e. The van der Waals surface area contributed by atoms with Crippen LogP contribution in [0.4, 0.5) is 5.69 Å². The van der Waals surface area contributed by atoms with E-state index in [2.05, 4.69) is 26.0 Å². The molecular formula is C14H14BrNO2S. The molecule has 0 atom stereocenters. The van der Waals surface area contributed by atoms with Gasteiger partial charge in [-0.05, 0) is 40.2 Å². The summed E-state index contributed by atoms with van der Waals surface area (Å²) in [5.74, 6) is -0.202. The van der Waals surface area contributed by atoms with Crippen LogP contribution in [-0.4, -0.2) is 13.1 Å². The molecule has 19 heavy (non-hydrogen) atoms. The van der Waals surface area contributed by atoms with Crippen molar-refractivity contribution in [3.63, 3.8) is 0 Å². The normalized spacial score (nSPS) is 10.2. The number of nitrogens with one attached hydrogen (secondary N) is 1. The van der Waals surface area contributed by atoms with Crippen molar-refractivity contribution in [1.82, 2.24) is 0 Å². The van der Waals surface area contributed by atoms with Crippen LogP contribution >= 0.6 is 27.3 Å². The highest BCUT2D eigenvalue weighted by atomic mass is 79.9. The number of halogens is 1. The smallest absolute Gasteiger partial charge is 0.310 e. The van der Waals surface area contributed by atoms with Gasteiger partial charge in [0.05, 0.1) is 13.5 Å². The van der Waals surface area contributed by atoms with Crippen LogP contribution in [0, 0.1) is 0 Å². The van der Waals surface area contributed by atoms with Gasteiger partial charge >= 0.3 is 5.97 Å². The van der Waals surface area contributed by atoms with E-state index < -0.39 is 0 Å². The molecule has 0 amide bonds. The zero-order chi connectivity index (χ0) is 13.7. The summed E-state index contributed by atoms with van der Waals surface area (Å²) in [6, 6.07) is 12.0. The van der Waals surface area contributed by atoms with Gasteiger partial charge in [-0.15, -0.1) is 11.3 Å². The molecule has 2 aromatic rings. The SMILES string of the molecule is COC(=O)Cc1ccc(CNc2ccccc2Br)s1. The number of benzene rings is 1. The average Bonchev–Trinajstić information content (AvgIpc) is 2.85. The van der Waals surface area contributed by atoms with Crippen molar-refractivity contribution in [2.75, 3.05) is 12.4 Å². The monoisotopic (exact) mass is 339 g/mol. The van der Waals surface area contributed by atoms with Gasteiger partial charge < -0.3 is 10.1 Å². The molecule has 0 unspecified atom stereocenters. The lowest BCUT2D eigenvalue weighted by Crippen LogP contribution is -2.02. The van der Waals surface area contributed by atoms with Gasteiger partial charge in [0.1, 0.15) is 0 Å². The Balaban J connectivity index is 1.94. The second-order valence-electron chi connectivity index (χ2n) is 3.95. The first kappa shape index (κ1) is 14.1. The topological polar surface area (TPSA) is 38.3 Å². The van der Waals surface area contributed by atoms with E-state index in [-0.39, 0.29) is 5.97 Å². The van der Waals surface area contributed by atoms with Crippen molar-refractivity contribution < 1.29 is 9.53 Å². The van der Waals surface area contributed by atoms with Crippen LogP contribution in [0.2, 0.25) is 0 Å². The van der Waals surface area contributed by atoms with Crippen molar-refractivity contribution in [1.29, 1.82) is 0 Å². The lowest BCUT2D eigenvalue weighted by atomic mass is 10.3. The molecule has 0 radical (unpaired) electrons. The third-order valence-corrected chi connectivity index (χ3v) is 4.37. The number of esters is 1. The maximum Gasteiger partial charge on any atom is 0.310 e. The number of rotatable bonds is 5. The first-order chi connectivity index (χ1) is 9.19. The Labute approximate surface area is 124 Å². The molecule has 1 aromatic heterocycles. The Kier molecular flexibility index (Phi) is 4.99. The molecule has 100 valence electrons. The molecule has 0 aliphatic carbocycles. The van der Waals surface area contributed by atoms with E-state index in [1.807, 2.05) is 36.4 Å². The number of hydrogen-bond acceptors (Lipinski definition) is 4. The number of para-hydroxylation sites is 1. The van der Waals surface area contributed by atoms with Gasteiger partial charge in [0.25, 0.3) is 0 Å². The zero-order valence-electron chi connectivity index (χ0n) is 10.5. The maximum absolute atomic E-state index is 11.2. The molecule has 1 heterocycles. The second-order valence-corrected chi connectivity index (χ2v) is 6.06. The summed E-state index contributed by atoms with van der Waals surface area (Å²) in [7, 11) is 1.41.